The molecular formula is C25H38N2O. The number of rotatable bonds is 5. The van der Waals surface area contributed by atoms with Crippen molar-refractivity contribution < 1.29 is 4.79 Å². The Labute approximate surface area is 171 Å². The van der Waals surface area contributed by atoms with Crippen LogP contribution in [-0.2, 0) is 4.79 Å². The van der Waals surface area contributed by atoms with Crippen molar-refractivity contribution in [3.8, 4) is 0 Å². The van der Waals surface area contributed by atoms with Crippen LogP contribution in [0, 0.1) is 17.3 Å². The van der Waals surface area contributed by atoms with Crippen molar-refractivity contribution in [1.82, 2.24) is 9.80 Å². The van der Waals surface area contributed by atoms with Crippen LogP contribution in [0.4, 0.5) is 0 Å². The molecule has 1 saturated carbocycles. The van der Waals surface area contributed by atoms with E-state index < -0.39 is 0 Å². The van der Waals surface area contributed by atoms with Crippen LogP contribution in [0.25, 0.3) is 0 Å². The molecule has 1 aliphatic carbocycles. The van der Waals surface area contributed by atoms with Crippen molar-refractivity contribution in [3.63, 3.8) is 0 Å². The molecule has 154 valence electrons. The van der Waals surface area contributed by atoms with Crippen molar-refractivity contribution in [2.75, 3.05) is 32.7 Å². The predicted molar refractivity (Wildman–Crippen MR) is 116 cm³/mol. The van der Waals surface area contributed by atoms with E-state index in [0.717, 1.165) is 38.0 Å². The minimum atomic E-state index is 0.360. The lowest BCUT2D eigenvalue weighted by atomic mass is 9.56. The van der Waals surface area contributed by atoms with E-state index in [1.54, 1.807) is 0 Å². The molecule has 1 amide bonds. The van der Waals surface area contributed by atoms with Crippen molar-refractivity contribution in [2.45, 2.75) is 65.2 Å². The van der Waals surface area contributed by atoms with Gasteiger partial charge in [-0.2, -0.15) is 0 Å². The highest BCUT2D eigenvalue weighted by Gasteiger charge is 2.53. The molecule has 0 atom stereocenters. The molecule has 0 N–H and O–H groups in total. The molecule has 0 bridgehead atoms. The Morgan fingerprint density at radius 1 is 1.04 bits per heavy atom. The van der Waals surface area contributed by atoms with Gasteiger partial charge in [0.2, 0.25) is 5.91 Å². The molecule has 0 aromatic heterocycles. The summed E-state index contributed by atoms with van der Waals surface area (Å²) in [6.45, 7) is 14.0. The fourth-order valence-electron chi connectivity index (χ4n) is 5.64. The number of carbonyl (C=O) groups is 1. The summed E-state index contributed by atoms with van der Waals surface area (Å²) in [6.07, 6.45) is 5.04. The van der Waals surface area contributed by atoms with Gasteiger partial charge < -0.3 is 4.90 Å². The van der Waals surface area contributed by atoms with E-state index in [4.69, 9.17) is 0 Å². The lowest BCUT2D eigenvalue weighted by Crippen LogP contribution is -2.64. The Balaban J connectivity index is 1.20. The van der Waals surface area contributed by atoms with E-state index in [0.29, 0.717) is 29.7 Å². The highest BCUT2D eigenvalue weighted by Crippen LogP contribution is 2.56. The van der Waals surface area contributed by atoms with Gasteiger partial charge in [0.15, 0.2) is 0 Å². The standard InChI is InChI=1S/C25H38N2O/c1-18(2)20-5-7-22(8-6-20)23-13-25(14-23)16-27(17-25)24(28)15-26-11-9-21(10-12-26)19(3)4/h5-8,18-19,21,23H,9-17H2,1-4H3. The molecule has 0 unspecified atom stereocenters. The average molecular weight is 383 g/mol. The van der Waals surface area contributed by atoms with Crippen LogP contribution < -0.4 is 0 Å². The molecule has 3 nitrogen and oxygen atoms in total. The molecule has 2 saturated heterocycles. The van der Waals surface area contributed by atoms with E-state index in [-0.39, 0.29) is 0 Å². The number of hydrogen-bond acceptors (Lipinski definition) is 2. The second kappa shape index (κ2) is 7.82. The molecule has 1 spiro atoms. The van der Waals surface area contributed by atoms with Gasteiger partial charge in [-0.3, -0.25) is 9.69 Å². The van der Waals surface area contributed by atoms with E-state index in [1.807, 2.05) is 0 Å². The van der Waals surface area contributed by atoms with Gasteiger partial charge in [0.25, 0.3) is 0 Å². The molecule has 3 heteroatoms. The lowest BCUT2D eigenvalue weighted by molar-refractivity contribution is -0.153. The fourth-order valence-corrected chi connectivity index (χ4v) is 5.64. The Hall–Kier alpha value is -1.35. The van der Waals surface area contributed by atoms with Gasteiger partial charge in [-0.15, -0.1) is 0 Å². The number of benzene rings is 1. The van der Waals surface area contributed by atoms with Crippen LogP contribution in [0.5, 0.6) is 0 Å². The maximum atomic E-state index is 12.7. The quantitative estimate of drug-likeness (QED) is 0.724. The lowest BCUT2D eigenvalue weighted by Gasteiger charge is -2.59. The van der Waals surface area contributed by atoms with Crippen LogP contribution in [-0.4, -0.2) is 48.4 Å². The first-order chi connectivity index (χ1) is 13.3. The zero-order valence-electron chi connectivity index (χ0n) is 18.3. The Morgan fingerprint density at radius 2 is 1.64 bits per heavy atom. The molecule has 0 radical (unpaired) electrons. The van der Waals surface area contributed by atoms with Crippen molar-refractivity contribution in [3.05, 3.63) is 35.4 Å². The highest BCUT2D eigenvalue weighted by atomic mass is 16.2. The van der Waals surface area contributed by atoms with E-state index in [2.05, 4.69) is 61.8 Å². The molecule has 3 fully saturated rings. The average Bonchev–Trinajstić information content (AvgIpc) is 2.60. The summed E-state index contributed by atoms with van der Waals surface area (Å²) >= 11 is 0. The third-order valence-electron chi connectivity index (χ3n) is 7.77. The number of carbonyl (C=O) groups excluding carboxylic acids is 1. The molecule has 28 heavy (non-hydrogen) atoms. The SMILES string of the molecule is CC(C)c1ccc(C2CC3(C2)CN(C(=O)CN2CCC(C(C)C)CC2)C3)cc1. The normalized spacial score (nSPS) is 23.3. The zero-order chi connectivity index (χ0) is 19.9. The second-order valence-corrected chi connectivity index (χ2v) is 10.5. The van der Waals surface area contributed by atoms with Gasteiger partial charge >= 0.3 is 0 Å². The maximum Gasteiger partial charge on any atom is 0.236 e. The summed E-state index contributed by atoms with van der Waals surface area (Å²) in [4.78, 5) is 17.2. The van der Waals surface area contributed by atoms with E-state index in [9.17, 15) is 4.79 Å². The minimum Gasteiger partial charge on any atom is -0.340 e. The summed E-state index contributed by atoms with van der Waals surface area (Å²) in [7, 11) is 0. The number of hydrogen-bond donors (Lipinski definition) is 0. The molecule has 3 aliphatic rings. The summed E-state index contributed by atoms with van der Waals surface area (Å²) in [5.74, 6) is 3.29. The largest absolute Gasteiger partial charge is 0.340 e. The minimum absolute atomic E-state index is 0.360. The molecule has 2 aliphatic heterocycles. The van der Waals surface area contributed by atoms with Gasteiger partial charge in [0.1, 0.15) is 0 Å². The number of amides is 1. The Morgan fingerprint density at radius 3 is 2.18 bits per heavy atom. The van der Waals surface area contributed by atoms with Crippen LogP contribution >= 0.6 is 0 Å². The monoisotopic (exact) mass is 382 g/mol. The van der Waals surface area contributed by atoms with Crippen LogP contribution in [0.15, 0.2) is 24.3 Å². The Bertz CT molecular complexity index is 671. The number of likely N-dealkylation sites (tertiary alicyclic amines) is 2. The van der Waals surface area contributed by atoms with Crippen LogP contribution in [0.1, 0.15) is 76.3 Å². The smallest absolute Gasteiger partial charge is 0.236 e. The van der Waals surface area contributed by atoms with Gasteiger partial charge in [0, 0.05) is 18.5 Å². The van der Waals surface area contributed by atoms with Gasteiger partial charge in [0.05, 0.1) is 6.54 Å². The molecule has 4 rings (SSSR count). The molecule has 1 aromatic carbocycles. The van der Waals surface area contributed by atoms with Gasteiger partial charge in [-0.1, -0.05) is 52.0 Å². The first-order valence-electron chi connectivity index (χ1n) is 11.5. The van der Waals surface area contributed by atoms with E-state index >= 15 is 0 Å². The van der Waals surface area contributed by atoms with E-state index in [1.165, 1.54) is 36.8 Å². The summed E-state index contributed by atoms with van der Waals surface area (Å²) < 4.78 is 0. The number of piperidine rings is 1. The molecule has 1 aromatic rings. The zero-order valence-corrected chi connectivity index (χ0v) is 18.3. The molecular weight excluding hydrogens is 344 g/mol. The summed E-state index contributed by atoms with van der Waals surface area (Å²) in [6, 6.07) is 9.25. The summed E-state index contributed by atoms with van der Waals surface area (Å²) in [5, 5.41) is 0. The highest BCUT2D eigenvalue weighted by molar-refractivity contribution is 5.79. The predicted octanol–water partition coefficient (Wildman–Crippen LogP) is 4.88. The fraction of sp³-hybridized carbons (Fsp3) is 0.720. The van der Waals surface area contributed by atoms with Gasteiger partial charge in [-0.05, 0) is 73.6 Å². The van der Waals surface area contributed by atoms with Crippen molar-refractivity contribution in [1.29, 1.82) is 0 Å². The summed E-state index contributed by atoms with van der Waals surface area (Å²) in [5.41, 5.74) is 3.35. The maximum absolute atomic E-state index is 12.7. The van der Waals surface area contributed by atoms with Gasteiger partial charge in [-0.25, -0.2) is 0 Å². The first kappa shape index (κ1) is 19.9. The topological polar surface area (TPSA) is 23.6 Å². The first-order valence-corrected chi connectivity index (χ1v) is 11.5. The van der Waals surface area contributed by atoms with Crippen molar-refractivity contribution >= 4 is 5.91 Å². The third-order valence-corrected chi connectivity index (χ3v) is 7.77. The third kappa shape index (κ3) is 4.01. The number of nitrogens with zero attached hydrogens (tertiary/aromatic N) is 2. The van der Waals surface area contributed by atoms with Crippen LogP contribution in [0.3, 0.4) is 0 Å². The molecule has 2 heterocycles. The van der Waals surface area contributed by atoms with Crippen molar-refractivity contribution in [2.24, 2.45) is 17.3 Å². The Kier molecular flexibility index (Phi) is 5.57. The second-order valence-electron chi connectivity index (χ2n) is 10.5. The van der Waals surface area contributed by atoms with Crippen LogP contribution in [0.2, 0.25) is 0 Å².